The third-order valence-electron chi connectivity index (χ3n) is 2.03. The van der Waals surface area contributed by atoms with Gasteiger partial charge in [-0.05, 0) is 18.6 Å². The lowest BCUT2D eigenvalue weighted by atomic mass is 10.3. The molecule has 16 heavy (non-hydrogen) atoms. The minimum absolute atomic E-state index is 0.327. The van der Waals surface area contributed by atoms with Crippen LogP contribution in [0.1, 0.15) is 12.6 Å². The Morgan fingerprint density at radius 2 is 2.00 bits per heavy atom. The summed E-state index contributed by atoms with van der Waals surface area (Å²) < 4.78 is 13.8. The van der Waals surface area contributed by atoms with E-state index in [0.29, 0.717) is 17.1 Å². The number of halogens is 1. The lowest BCUT2D eigenvalue weighted by Crippen LogP contribution is -1.97. The van der Waals surface area contributed by atoms with E-state index in [1.165, 1.54) is 18.1 Å². The van der Waals surface area contributed by atoms with Crippen LogP contribution in [0.5, 0.6) is 0 Å². The predicted molar refractivity (Wildman–Crippen MR) is 59.7 cm³/mol. The molecule has 0 saturated carbocycles. The second kappa shape index (κ2) is 5.03. The van der Waals surface area contributed by atoms with Crippen molar-refractivity contribution in [3.63, 3.8) is 0 Å². The average Bonchev–Trinajstić information content (AvgIpc) is 2.33. The van der Waals surface area contributed by atoms with Crippen LogP contribution < -0.4 is 0 Å². The number of hydrogen-bond acceptors (Lipinski definition) is 4. The molecule has 2 aromatic heterocycles. The molecule has 2 aromatic rings. The highest BCUT2D eigenvalue weighted by Crippen LogP contribution is 2.27. The number of nitrogens with zero attached hydrogens (tertiary/aromatic N) is 3. The highest BCUT2D eigenvalue weighted by molar-refractivity contribution is 7.99. The topological polar surface area (TPSA) is 38.7 Å². The van der Waals surface area contributed by atoms with Gasteiger partial charge in [-0.3, -0.25) is 4.98 Å². The van der Waals surface area contributed by atoms with Crippen molar-refractivity contribution in [3.8, 4) is 0 Å². The molecule has 0 atom stereocenters. The molecule has 82 valence electrons. The van der Waals surface area contributed by atoms with Crippen molar-refractivity contribution in [1.82, 2.24) is 15.0 Å². The summed E-state index contributed by atoms with van der Waals surface area (Å²) in [7, 11) is 0. The van der Waals surface area contributed by atoms with Gasteiger partial charge in [-0.25, -0.2) is 14.4 Å². The first kappa shape index (κ1) is 11.0. The van der Waals surface area contributed by atoms with E-state index in [0.717, 1.165) is 4.90 Å². The standard InChI is InChI=1S/C11H10FN3S/c1-2-9-10(12)11(15-7-14-9)16-8-3-5-13-6-4-8/h3-7H,2H2,1H3. The van der Waals surface area contributed by atoms with Gasteiger partial charge >= 0.3 is 0 Å². The number of aromatic nitrogens is 3. The first-order valence-corrected chi connectivity index (χ1v) is 5.70. The van der Waals surface area contributed by atoms with Crippen molar-refractivity contribution in [2.24, 2.45) is 0 Å². The van der Waals surface area contributed by atoms with Crippen molar-refractivity contribution in [2.45, 2.75) is 23.3 Å². The molecular weight excluding hydrogens is 225 g/mol. The molecule has 0 spiro atoms. The first-order valence-electron chi connectivity index (χ1n) is 4.88. The Morgan fingerprint density at radius 1 is 1.25 bits per heavy atom. The van der Waals surface area contributed by atoms with Gasteiger partial charge in [-0.15, -0.1) is 0 Å². The van der Waals surface area contributed by atoms with E-state index < -0.39 is 0 Å². The second-order valence-corrected chi connectivity index (χ2v) is 4.14. The summed E-state index contributed by atoms with van der Waals surface area (Å²) in [6.07, 6.45) is 5.30. The Kier molecular flexibility index (Phi) is 3.46. The number of hydrogen-bond donors (Lipinski definition) is 0. The summed E-state index contributed by atoms with van der Waals surface area (Å²) >= 11 is 1.28. The minimum Gasteiger partial charge on any atom is -0.265 e. The molecule has 0 aliphatic carbocycles. The van der Waals surface area contributed by atoms with E-state index in [9.17, 15) is 4.39 Å². The van der Waals surface area contributed by atoms with E-state index in [1.54, 1.807) is 12.4 Å². The van der Waals surface area contributed by atoms with Crippen LogP contribution in [0, 0.1) is 5.82 Å². The van der Waals surface area contributed by atoms with Gasteiger partial charge in [-0.1, -0.05) is 18.7 Å². The summed E-state index contributed by atoms with van der Waals surface area (Å²) in [5.74, 6) is -0.327. The molecule has 0 unspecified atom stereocenters. The molecular formula is C11H10FN3S. The zero-order valence-corrected chi connectivity index (χ0v) is 9.54. The first-order chi connectivity index (χ1) is 7.81. The normalized spacial score (nSPS) is 10.4. The maximum absolute atomic E-state index is 13.8. The quantitative estimate of drug-likeness (QED) is 0.767. The van der Waals surface area contributed by atoms with Crippen molar-refractivity contribution in [3.05, 3.63) is 42.4 Å². The van der Waals surface area contributed by atoms with E-state index in [-0.39, 0.29) is 5.82 Å². The molecule has 0 amide bonds. The number of rotatable bonds is 3. The molecule has 0 radical (unpaired) electrons. The summed E-state index contributed by atoms with van der Waals surface area (Å²) in [5.41, 5.74) is 0.451. The molecule has 0 fully saturated rings. The lowest BCUT2D eigenvalue weighted by molar-refractivity contribution is 0.559. The molecule has 0 aliphatic heterocycles. The molecule has 2 rings (SSSR count). The van der Waals surface area contributed by atoms with Crippen LogP contribution >= 0.6 is 11.8 Å². The SMILES string of the molecule is CCc1ncnc(Sc2ccncc2)c1F. The molecule has 0 N–H and O–H groups in total. The summed E-state index contributed by atoms with van der Waals surface area (Å²) in [4.78, 5) is 12.6. The molecule has 3 nitrogen and oxygen atoms in total. The molecule has 0 aromatic carbocycles. The molecule has 0 bridgehead atoms. The second-order valence-electron chi connectivity index (χ2n) is 3.08. The van der Waals surface area contributed by atoms with Gasteiger partial charge in [0.1, 0.15) is 11.4 Å². The summed E-state index contributed by atoms with van der Waals surface area (Å²) in [5, 5.41) is 0.359. The lowest BCUT2D eigenvalue weighted by Gasteiger charge is -2.04. The van der Waals surface area contributed by atoms with Crippen LogP contribution in [0.15, 0.2) is 40.8 Å². The van der Waals surface area contributed by atoms with Gasteiger partial charge in [0.25, 0.3) is 0 Å². The Balaban J connectivity index is 2.28. The van der Waals surface area contributed by atoms with E-state index >= 15 is 0 Å². The maximum Gasteiger partial charge on any atom is 0.177 e. The van der Waals surface area contributed by atoms with Crippen LogP contribution in [0.2, 0.25) is 0 Å². The molecule has 5 heteroatoms. The molecule has 0 saturated heterocycles. The van der Waals surface area contributed by atoms with Crippen molar-refractivity contribution < 1.29 is 4.39 Å². The van der Waals surface area contributed by atoms with Gasteiger partial charge in [0, 0.05) is 17.3 Å². The van der Waals surface area contributed by atoms with Gasteiger partial charge in [0.2, 0.25) is 0 Å². The van der Waals surface area contributed by atoms with Crippen LogP contribution in [0.25, 0.3) is 0 Å². The average molecular weight is 235 g/mol. The highest BCUT2D eigenvalue weighted by atomic mass is 32.2. The molecule has 2 heterocycles. The summed E-state index contributed by atoms with van der Waals surface area (Å²) in [6.45, 7) is 1.87. The van der Waals surface area contributed by atoms with E-state index in [2.05, 4.69) is 15.0 Å². The third kappa shape index (κ3) is 2.36. The van der Waals surface area contributed by atoms with Gasteiger partial charge < -0.3 is 0 Å². The Hall–Kier alpha value is -1.49. The van der Waals surface area contributed by atoms with Gasteiger partial charge in [0.05, 0.1) is 5.69 Å². The minimum atomic E-state index is -0.327. The largest absolute Gasteiger partial charge is 0.265 e. The summed E-state index contributed by atoms with van der Waals surface area (Å²) in [6, 6.07) is 3.63. The van der Waals surface area contributed by atoms with Crippen molar-refractivity contribution >= 4 is 11.8 Å². The Morgan fingerprint density at radius 3 is 2.69 bits per heavy atom. The fraction of sp³-hybridized carbons (Fsp3) is 0.182. The fourth-order valence-corrected chi connectivity index (χ4v) is 2.01. The van der Waals surface area contributed by atoms with Gasteiger partial charge in [0.15, 0.2) is 5.82 Å². The number of pyridine rings is 1. The van der Waals surface area contributed by atoms with E-state index in [4.69, 9.17) is 0 Å². The van der Waals surface area contributed by atoms with Crippen molar-refractivity contribution in [1.29, 1.82) is 0 Å². The smallest absolute Gasteiger partial charge is 0.177 e. The van der Waals surface area contributed by atoms with Crippen LogP contribution in [0.4, 0.5) is 4.39 Å². The van der Waals surface area contributed by atoms with Crippen LogP contribution in [-0.4, -0.2) is 15.0 Å². The maximum atomic E-state index is 13.8. The molecule has 0 aliphatic rings. The highest BCUT2D eigenvalue weighted by Gasteiger charge is 2.10. The Labute approximate surface area is 97.2 Å². The zero-order chi connectivity index (χ0) is 11.4. The van der Waals surface area contributed by atoms with Crippen molar-refractivity contribution in [2.75, 3.05) is 0 Å². The predicted octanol–water partition coefficient (Wildman–Crippen LogP) is 2.72. The number of aryl methyl sites for hydroxylation is 1. The third-order valence-corrected chi connectivity index (χ3v) is 3.01. The van der Waals surface area contributed by atoms with E-state index in [1.807, 2.05) is 19.1 Å². The van der Waals surface area contributed by atoms with Gasteiger partial charge in [-0.2, -0.15) is 0 Å². The van der Waals surface area contributed by atoms with Crippen LogP contribution in [-0.2, 0) is 6.42 Å². The Bertz CT molecular complexity index is 476. The van der Waals surface area contributed by atoms with Crippen LogP contribution in [0.3, 0.4) is 0 Å². The fourth-order valence-electron chi connectivity index (χ4n) is 1.22. The monoisotopic (exact) mass is 235 g/mol. The zero-order valence-electron chi connectivity index (χ0n) is 8.72.